The summed E-state index contributed by atoms with van der Waals surface area (Å²) >= 11 is 0. The summed E-state index contributed by atoms with van der Waals surface area (Å²) in [6.45, 7) is 10.1. The molecule has 4 rings (SSSR count). The van der Waals surface area contributed by atoms with Crippen molar-refractivity contribution in [3.05, 3.63) is 28.8 Å². The van der Waals surface area contributed by atoms with Gasteiger partial charge in [-0.3, -0.25) is 4.79 Å². The number of aromatic hydroxyl groups is 1. The highest BCUT2D eigenvalue weighted by atomic mass is 16.5. The van der Waals surface area contributed by atoms with Crippen LogP contribution in [0.4, 0.5) is 0 Å². The Hall–Kier alpha value is -1.85. The summed E-state index contributed by atoms with van der Waals surface area (Å²) in [4.78, 5) is 11.6. The molecule has 170 valence electrons. The van der Waals surface area contributed by atoms with Gasteiger partial charge in [0.05, 0.1) is 12.7 Å². The van der Waals surface area contributed by atoms with Crippen LogP contribution in [0, 0.1) is 22.7 Å². The number of aliphatic hydroxyl groups is 2. The van der Waals surface area contributed by atoms with Crippen molar-refractivity contribution in [1.82, 2.24) is 0 Å². The number of hydrogen-bond acceptors (Lipinski definition) is 5. The molecular weight excluding hydrogens is 392 g/mol. The lowest BCUT2D eigenvalue weighted by Crippen LogP contribution is -2.66. The first-order valence-electron chi connectivity index (χ1n) is 11.5. The predicted octanol–water partition coefficient (Wildman–Crippen LogP) is 4.39. The number of rotatable bonds is 3. The molecule has 0 saturated heterocycles. The molecule has 0 aromatic heterocycles. The Morgan fingerprint density at radius 3 is 2.61 bits per heavy atom. The van der Waals surface area contributed by atoms with Gasteiger partial charge >= 0.3 is 0 Å². The SMILES string of the molecule is CC(=O)/C=C/c1c(CO)cc(O)c2c1O[C@]1(C2)C(C)CC[C@H]2C(C)(C)C(O)CC[C@@]21C. The fourth-order valence-electron chi connectivity index (χ4n) is 7.08. The number of hydrogen-bond donors (Lipinski definition) is 3. The summed E-state index contributed by atoms with van der Waals surface area (Å²) in [6.07, 6.45) is 7.10. The lowest BCUT2D eigenvalue weighted by molar-refractivity contribution is -0.210. The third-order valence-corrected chi connectivity index (χ3v) is 8.98. The molecule has 1 aromatic rings. The van der Waals surface area contributed by atoms with Crippen molar-refractivity contribution in [2.45, 2.75) is 85.0 Å². The van der Waals surface area contributed by atoms with Crippen molar-refractivity contribution in [3.8, 4) is 11.5 Å². The lowest BCUT2D eigenvalue weighted by atomic mass is 9.43. The molecule has 5 heteroatoms. The largest absolute Gasteiger partial charge is 0.508 e. The first kappa shape index (κ1) is 22.3. The van der Waals surface area contributed by atoms with Gasteiger partial charge in [0.15, 0.2) is 5.78 Å². The van der Waals surface area contributed by atoms with Gasteiger partial charge in [-0.1, -0.05) is 27.7 Å². The van der Waals surface area contributed by atoms with Crippen LogP contribution in [-0.2, 0) is 17.8 Å². The predicted molar refractivity (Wildman–Crippen MR) is 120 cm³/mol. The minimum absolute atomic E-state index is 0.0838. The Morgan fingerprint density at radius 2 is 1.97 bits per heavy atom. The zero-order valence-electron chi connectivity index (χ0n) is 19.4. The maximum atomic E-state index is 11.6. The number of phenols is 1. The van der Waals surface area contributed by atoms with Crippen molar-refractivity contribution in [1.29, 1.82) is 0 Å². The molecule has 1 spiro atoms. The second kappa shape index (κ2) is 7.35. The van der Waals surface area contributed by atoms with Crippen molar-refractivity contribution in [2.24, 2.45) is 22.7 Å². The summed E-state index contributed by atoms with van der Waals surface area (Å²) in [5.74, 6) is 1.22. The molecule has 2 unspecified atom stereocenters. The van der Waals surface area contributed by atoms with Crippen LogP contribution in [0.5, 0.6) is 11.5 Å². The number of fused-ring (bicyclic) bond motifs is 3. The van der Waals surface area contributed by atoms with Crippen molar-refractivity contribution < 1.29 is 24.9 Å². The molecule has 1 aromatic carbocycles. The number of phenolic OH excluding ortho intramolecular Hbond substituents is 1. The number of benzene rings is 1. The molecule has 31 heavy (non-hydrogen) atoms. The van der Waals surface area contributed by atoms with E-state index in [4.69, 9.17) is 4.74 Å². The van der Waals surface area contributed by atoms with Gasteiger partial charge in [-0.25, -0.2) is 0 Å². The molecule has 5 nitrogen and oxygen atoms in total. The first-order valence-corrected chi connectivity index (χ1v) is 11.5. The number of ether oxygens (including phenoxy) is 1. The maximum Gasteiger partial charge on any atom is 0.152 e. The highest BCUT2D eigenvalue weighted by molar-refractivity contribution is 5.92. The smallest absolute Gasteiger partial charge is 0.152 e. The van der Waals surface area contributed by atoms with Crippen LogP contribution in [0.2, 0.25) is 0 Å². The van der Waals surface area contributed by atoms with Crippen LogP contribution < -0.4 is 4.74 Å². The van der Waals surface area contributed by atoms with Gasteiger partial charge in [0.25, 0.3) is 0 Å². The van der Waals surface area contributed by atoms with E-state index >= 15 is 0 Å². The lowest BCUT2D eigenvalue weighted by Gasteiger charge is -2.64. The van der Waals surface area contributed by atoms with Crippen molar-refractivity contribution in [2.75, 3.05) is 0 Å². The molecule has 1 heterocycles. The summed E-state index contributed by atoms with van der Waals surface area (Å²) in [6, 6.07) is 1.60. The highest BCUT2D eigenvalue weighted by Crippen LogP contribution is 2.67. The third-order valence-electron chi connectivity index (χ3n) is 8.98. The Labute approximate surface area is 185 Å². The number of carbonyl (C=O) groups is 1. The minimum Gasteiger partial charge on any atom is -0.508 e. The van der Waals surface area contributed by atoms with Crippen LogP contribution in [0.3, 0.4) is 0 Å². The molecule has 5 atom stereocenters. The van der Waals surface area contributed by atoms with Gasteiger partial charge in [0.1, 0.15) is 17.1 Å². The van der Waals surface area contributed by atoms with E-state index in [1.54, 1.807) is 12.1 Å². The van der Waals surface area contributed by atoms with Crippen LogP contribution in [0.25, 0.3) is 6.08 Å². The van der Waals surface area contributed by atoms with E-state index in [-0.39, 0.29) is 41.0 Å². The van der Waals surface area contributed by atoms with Gasteiger partial charge in [0, 0.05) is 23.0 Å². The average molecular weight is 429 g/mol. The van der Waals surface area contributed by atoms with E-state index in [0.29, 0.717) is 29.2 Å². The van der Waals surface area contributed by atoms with Gasteiger partial charge in [-0.05, 0) is 73.6 Å². The molecule has 3 aliphatic rings. The average Bonchev–Trinajstić information content (AvgIpc) is 3.11. The zero-order chi connectivity index (χ0) is 22.8. The number of allylic oxidation sites excluding steroid dienone is 1. The Morgan fingerprint density at radius 1 is 1.26 bits per heavy atom. The molecule has 0 bridgehead atoms. The first-order chi connectivity index (χ1) is 14.5. The fourth-order valence-corrected chi connectivity index (χ4v) is 7.08. The van der Waals surface area contributed by atoms with E-state index in [2.05, 4.69) is 27.7 Å². The molecular formula is C26H36O5. The Kier molecular flexibility index (Phi) is 5.30. The van der Waals surface area contributed by atoms with Crippen LogP contribution >= 0.6 is 0 Å². The normalized spacial score (nSPS) is 36.3. The van der Waals surface area contributed by atoms with E-state index in [1.165, 1.54) is 13.0 Å². The molecule has 2 fully saturated rings. The highest BCUT2D eigenvalue weighted by Gasteiger charge is 2.67. The molecule has 1 aliphatic heterocycles. The summed E-state index contributed by atoms with van der Waals surface area (Å²) < 4.78 is 6.92. The monoisotopic (exact) mass is 428 g/mol. The number of aliphatic hydroxyl groups excluding tert-OH is 2. The summed E-state index contributed by atoms with van der Waals surface area (Å²) in [5, 5.41) is 31.6. The summed E-state index contributed by atoms with van der Waals surface area (Å²) in [7, 11) is 0. The van der Waals surface area contributed by atoms with Crippen molar-refractivity contribution >= 4 is 11.9 Å². The molecule has 2 aliphatic carbocycles. The maximum absolute atomic E-state index is 11.6. The van der Waals surface area contributed by atoms with Crippen LogP contribution in [0.1, 0.15) is 77.0 Å². The third kappa shape index (κ3) is 3.07. The van der Waals surface area contributed by atoms with E-state index in [9.17, 15) is 20.1 Å². The molecule has 0 amide bonds. The van der Waals surface area contributed by atoms with Gasteiger partial charge in [-0.2, -0.15) is 0 Å². The van der Waals surface area contributed by atoms with Gasteiger partial charge in [-0.15, -0.1) is 0 Å². The van der Waals surface area contributed by atoms with Gasteiger partial charge in [0.2, 0.25) is 0 Å². The molecule has 2 saturated carbocycles. The summed E-state index contributed by atoms with van der Waals surface area (Å²) in [5.41, 5.74) is 1.11. The number of ketones is 1. The number of carbonyl (C=O) groups excluding carboxylic acids is 1. The topological polar surface area (TPSA) is 87.0 Å². The minimum atomic E-state index is -0.500. The second-order valence-corrected chi connectivity index (χ2v) is 10.9. The van der Waals surface area contributed by atoms with Crippen LogP contribution in [-0.4, -0.2) is 32.8 Å². The van der Waals surface area contributed by atoms with E-state index in [1.807, 2.05) is 0 Å². The quantitative estimate of drug-likeness (QED) is 0.622. The molecule has 3 N–H and O–H groups in total. The fraction of sp³-hybridized carbons (Fsp3) is 0.654. The van der Waals surface area contributed by atoms with E-state index < -0.39 is 5.60 Å². The Bertz CT molecular complexity index is 932. The van der Waals surface area contributed by atoms with Crippen LogP contribution in [0.15, 0.2) is 12.1 Å². The van der Waals surface area contributed by atoms with E-state index in [0.717, 1.165) is 31.2 Å². The van der Waals surface area contributed by atoms with Gasteiger partial charge < -0.3 is 20.1 Å². The Balaban J connectivity index is 1.87. The van der Waals surface area contributed by atoms with Crippen molar-refractivity contribution in [3.63, 3.8) is 0 Å². The molecule has 0 radical (unpaired) electrons. The standard InChI is InChI=1S/C26H36O5/c1-15-6-9-21-24(3,4)22(30)10-11-25(21,5)26(15)13-19-20(29)12-17(14-27)18(23(19)31-26)8-7-16(2)28/h7-8,12,15,21-22,27,29-30H,6,9-11,13-14H2,1-5H3/b8-7+/t15?,21-,22?,25-,26+/m0/s1. The second-order valence-electron chi connectivity index (χ2n) is 10.9. The zero-order valence-corrected chi connectivity index (χ0v) is 19.4.